The van der Waals surface area contributed by atoms with Crippen molar-refractivity contribution >= 4 is 44.9 Å². The summed E-state index contributed by atoms with van der Waals surface area (Å²) in [6, 6.07) is 9.33. The van der Waals surface area contributed by atoms with Gasteiger partial charge in [-0.05, 0) is 78.2 Å². The highest BCUT2D eigenvalue weighted by molar-refractivity contribution is 9.10. The van der Waals surface area contributed by atoms with Crippen molar-refractivity contribution in [3.05, 3.63) is 57.1 Å². The number of amides is 1. The summed E-state index contributed by atoms with van der Waals surface area (Å²) in [5.41, 5.74) is 4.70. The monoisotopic (exact) mass is 406 g/mol. The van der Waals surface area contributed by atoms with Gasteiger partial charge in [0, 0.05) is 10.2 Å². The zero-order valence-electron chi connectivity index (χ0n) is 14.0. The molecule has 0 aromatic heterocycles. The second-order valence-electron chi connectivity index (χ2n) is 5.53. The number of rotatable bonds is 3. The van der Waals surface area contributed by atoms with Gasteiger partial charge >= 0.3 is 0 Å². The molecule has 0 aliphatic carbocycles. The summed E-state index contributed by atoms with van der Waals surface area (Å²) in [6.45, 7) is 6.06. The first kappa shape index (κ1) is 18.4. The molecule has 0 unspecified atom stereocenters. The highest BCUT2D eigenvalue weighted by Crippen LogP contribution is 2.23. The van der Waals surface area contributed by atoms with Crippen LogP contribution < -0.4 is 15.4 Å². The fourth-order valence-corrected chi connectivity index (χ4v) is 3.12. The lowest BCUT2D eigenvalue weighted by molar-refractivity contribution is 0.0976. The van der Waals surface area contributed by atoms with E-state index in [9.17, 15) is 4.79 Å². The molecule has 4 nitrogen and oxygen atoms in total. The van der Waals surface area contributed by atoms with Gasteiger partial charge in [0.1, 0.15) is 5.75 Å². The van der Waals surface area contributed by atoms with E-state index in [0.29, 0.717) is 15.8 Å². The molecular weight excluding hydrogens is 388 g/mol. The van der Waals surface area contributed by atoms with E-state index in [1.807, 2.05) is 20.8 Å². The molecule has 0 saturated heterocycles. The van der Waals surface area contributed by atoms with Crippen LogP contribution in [0.4, 0.5) is 5.69 Å². The Hall–Kier alpha value is -1.92. The average molecular weight is 407 g/mol. The number of aryl methyl sites for hydroxylation is 3. The highest BCUT2D eigenvalue weighted by atomic mass is 79.9. The summed E-state index contributed by atoms with van der Waals surface area (Å²) in [5, 5.41) is 6.06. The van der Waals surface area contributed by atoms with Gasteiger partial charge in [-0.15, -0.1) is 0 Å². The molecule has 126 valence electrons. The Labute approximate surface area is 155 Å². The van der Waals surface area contributed by atoms with Crippen LogP contribution in [0.1, 0.15) is 27.0 Å². The first-order valence-corrected chi connectivity index (χ1v) is 8.55. The fraction of sp³-hybridized carbons (Fsp3) is 0.222. The number of benzene rings is 2. The minimum atomic E-state index is -0.305. The van der Waals surface area contributed by atoms with Crippen LogP contribution in [0.2, 0.25) is 0 Å². The number of nitrogens with one attached hydrogen (secondary N) is 2. The predicted molar refractivity (Wildman–Crippen MR) is 105 cm³/mol. The molecule has 0 atom stereocenters. The van der Waals surface area contributed by atoms with Crippen molar-refractivity contribution in [2.24, 2.45) is 0 Å². The minimum absolute atomic E-state index is 0.254. The van der Waals surface area contributed by atoms with Gasteiger partial charge in [0.2, 0.25) is 0 Å². The van der Waals surface area contributed by atoms with Gasteiger partial charge in [-0.1, -0.05) is 17.7 Å². The van der Waals surface area contributed by atoms with Gasteiger partial charge in [-0.3, -0.25) is 10.1 Å². The molecule has 0 saturated carbocycles. The zero-order valence-corrected chi connectivity index (χ0v) is 16.4. The summed E-state index contributed by atoms with van der Waals surface area (Å²) in [5.74, 6) is 0.299. The number of ether oxygens (including phenoxy) is 1. The molecule has 0 fully saturated rings. The van der Waals surface area contributed by atoms with Crippen LogP contribution in [0, 0.1) is 20.8 Å². The fourth-order valence-electron chi connectivity index (χ4n) is 2.50. The number of thiocarbonyl (C=S) groups is 1. The summed E-state index contributed by atoms with van der Waals surface area (Å²) < 4.78 is 5.83. The third-order valence-corrected chi connectivity index (χ3v) is 4.46. The van der Waals surface area contributed by atoms with Crippen LogP contribution in [0.5, 0.6) is 5.75 Å². The molecule has 0 aliphatic heterocycles. The molecule has 2 aromatic rings. The van der Waals surface area contributed by atoms with Crippen molar-refractivity contribution in [1.82, 2.24) is 5.32 Å². The smallest absolute Gasteiger partial charge is 0.258 e. The maximum atomic E-state index is 12.4. The molecule has 0 spiro atoms. The van der Waals surface area contributed by atoms with Gasteiger partial charge in [0.05, 0.1) is 12.7 Å². The molecule has 6 heteroatoms. The molecule has 24 heavy (non-hydrogen) atoms. The molecule has 2 aromatic carbocycles. The molecule has 2 N–H and O–H groups in total. The van der Waals surface area contributed by atoms with Gasteiger partial charge in [-0.25, -0.2) is 0 Å². The second kappa shape index (κ2) is 7.77. The molecule has 0 heterocycles. The molecule has 0 aliphatic rings. The Morgan fingerprint density at radius 3 is 2.33 bits per heavy atom. The number of carbonyl (C=O) groups is 1. The van der Waals surface area contributed by atoms with Crippen molar-refractivity contribution in [1.29, 1.82) is 0 Å². The van der Waals surface area contributed by atoms with E-state index in [0.717, 1.165) is 16.8 Å². The Kier molecular flexibility index (Phi) is 5.96. The SMILES string of the molecule is COc1ccc(Br)c(C(=O)NC(=S)Nc2c(C)cc(C)cc2C)c1. The Morgan fingerprint density at radius 1 is 1.12 bits per heavy atom. The summed E-state index contributed by atoms with van der Waals surface area (Å²) in [4.78, 5) is 12.4. The lowest BCUT2D eigenvalue weighted by atomic mass is 10.1. The van der Waals surface area contributed by atoms with E-state index in [4.69, 9.17) is 17.0 Å². The highest BCUT2D eigenvalue weighted by Gasteiger charge is 2.14. The van der Waals surface area contributed by atoms with Crippen molar-refractivity contribution in [3.63, 3.8) is 0 Å². The zero-order chi connectivity index (χ0) is 17.9. The first-order chi connectivity index (χ1) is 11.3. The first-order valence-electron chi connectivity index (χ1n) is 7.35. The van der Waals surface area contributed by atoms with Crippen LogP contribution in [-0.4, -0.2) is 18.1 Å². The van der Waals surface area contributed by atoms with E-state index in [-0.39, 0.29) is 11.0 Å². The third-order valence-electron chi connectivity index (χ3n) is 3.56. The Morgan fingerprint density at radius 2 is 1.75 bits per heavy atom. The normalized spacial score (nSPS) is 10.2. The minimum Gasteiger partial charge on any atom is -0.497 e. The number of hydrogen-bond donors (Lipinski definition) is 2. The Balaban J connectivity index is 2.14. The van der Waals surface area contributed by atoms with Gasteiger partial charge < -0.3 is 10.1 Å². The summed E-state index contributed by atoms with van der Waals surface area (Å²) >= 11 is 8.65. The van der Waals surface area contributed by atoms with E-state index in [1.165, 1.54) is 5.56 Å². The number of carbonyl (C=O) groups excluding carboxylic acids is 1. The molecule has 1 amide bonds. The quantitative estimate of drug-likeness (QED) is 0.736. The van der Waals surface area contributed by atoms with E-state index in [2.05, 4.69) is 38.7 Å². The van der Waals surface area contributed by atoms with Crippen molar-refractivity contribution in [3.8, 4) is 5.75 Å². The maximum absolute atomic E-state index is 12.4. The van der Waals surface area contributed by atoms with Gasteiger partial charge in [-0.2, -0.15) is 0 Å². The predicted octanol–water partition coefficient (Wildman–Crippen LogP) is 4.51. The van der Waals surface area contributed by atoms with Crippen LogP contribution in [0.25, 0.3) is 0 Å². The summed E-state index contributed by atoms with van der Waals surface area (Å²) in [6.07, 6.45) is 0. The Bertz CT molecular complexity index is 783. The topological polar surface area (TPSA) is 50.4 Å². The lowest BCUT2D eigenvalue weighted by Crippen LogP contribution is -2.34. The van der Waals surface area contributed by atoms with Crippen LogP contribution in [-0.2, 0) is 0 Å². The number of methoxy groups -OCH3 is 1. The standard InChI is InChI=1S/C18H19BrN2O2S/c1-10-7-11(2)16(12(3)8-10)20-18(24)21-17(22)14-9-13(23-4)5-6-15(14)19/h5-9H,1-4H3,(H2,20,21,22,24). The second-order valence-corrected chi connectivity index (χ2v) is 6.79. The van der Waals surface area contributed by atoms with Gasteiger partial charge in [0.15, 0.2) is 5.11 Å². The molecular formula is C18H19BrN2O2S. The number of anilines is 1. The van der Waals surface area contributed by atoms with Crippen LogP contribution in [0.15, 0.2) is 34.8 Å². The van der Waals surface area contributed by atoms with Crippen molar-refractivity contribution in [2.75, 3.05) is 12.4 Å². The van der Waals surface area contributed by atoms with Crippen LogP contribution in [0.3, 0.4) is 0 Å². The van der Waals surface area contributed by atoms with Crippen LogP contribution >= 0.6 is 28.1 Å². The molecule has 2 rings (SSSR count). The average Bonchev–Trinajstić information content (AvgIpc) is 2.51. The van der Waals surface area contributed by atoms with E-state index in [1.54, 1.807) is 25.3 Å². The van der Waals surface area contributed by atoms with E-state index < -0.39 is 0 Å². The van der Waals surface area contributed by atoms with Gasteiger partial charge in [0.25, 0.3) is 5.91 Å². The van der Waals surface area contributed by atoms with Crippen molar-refractivity contribution < 1.29 is 9.53 Å². The molecule has 0 bridgehead atoms. The third kappa shape index (κ3) is 4.33. The number of halogens is 1. The number of hydrogen-bond acceptors (Lipinski definition) is 3. The summed E-state index contributed by atoms with van der Waals surface area (Å²) in [7, 11) is 1.56. The maximum Gasteiger partial charge on any atom is 0.258 e. The van der Waals surface area contributed by atoms with E-state index >= 15 is 0 Å². The largest absolute Gasteiger partial charge is 0.497 e. The lowest BCUT2D eigenvalue weighted by Gasteiger charge is -2.15. The molecule has 0 radical (unpaired) electrons. The van der Waals surface area contributed by atoms with Crippen molar-refractivity contribution in [2.45, 2.75) is 20.8 Å².